The molecule has 0 amide bonds. The molecule has 1 aromatic rings. The Labute approximate surface area is 97.2 Å². The first-order chi connectivity index (χ1) is 7.06. The second kappa shape index (κ2) is 5.45. The lowest BCUT2D eigenvalue weighted by Gasteiger charge is -2.19. The van der Waals surface area contributed by atoms with Gasteiger partial charge in [-0.15, -0.1) is 11.8 Å². The van der Waals surface area contributed by atoms with Crippen molar-refractivity contribution in [3.63, 3.8) is 0 Å². The van der Waals surface area contributed by atoms with E-state index in [0.717, 1.165) is 5.75 Å². The molecule has 0 saturated carbocycles. The Balaban J connectivity index is 3.14. The molecule has 1 rings (SSSR count). The van der Waals surface area contributed by atoms with Crippen molar-refractivity contribution in [2.45, 2.75) is 44.6 Å². The summed E-state index contributed by atoms with van der Waals surface area (Å²) in [4.78, 5) is 1.23. The van der Waals surface area contributed by atoms with Gasteiger partial charge < -0.3 is 4.74 Å². The highest BCUT2D eigenvalue weighted by molar-refractivity contribution is 7.98. The Hall–Kier alpha value is -0.630. The standard InChI is InChI=1S/C13H20OS/c1-9(2)11-7-6-8-12(15-5)13(11)14-10(3)4/h6-10H,1-5H3. The van der Waals surface area contributed by atoms with Gasteiger partial charge in [-0.25, -0.2) is 0 Å². The van der Waals surface area contributed by atoms with E-state index in [0.29, 0.717) is 5.92 Å². The van der Waals surface area contributed by atoms with Gasteiger partial charge in [-0.3, -0.25) is 0 Å². The minimum Gasteiger partial charge on any atom is -0.490 e. The van der Waals surface area contributed by atoms with Gasteiger partial charge in [0, 0.05) is 4.90 Å². The number of hydrogen-bond acceptors (Lipinski definition) is 2. The molecule has 0 aliphatic rings. The summed E-state index contributed by atoms with van der Waals surface area (Å²) in [7, 11) is 0. The first-order valence-corrected chi connectivity index (χ1v) is 6.62. The maximum absolute atomic E-state index is 5.91. The molecule has 84 valence electrons. The van der Waals surface area contributed by atoms with Crippen molar-refractivity contribution in [1.29, 1.82) is 0 Å². The first kappa shape index (κ1) is 12.4. The minimum atomic E-state index is 0.232. The summed E-state index contributed by atoms with van der Waals surface area (Å²) in [5.41, 5.74) is 1.30. The summed E-state index contributed by atoms with van der Waals surface area (Å²) in [6, 6.07) is 6.38. The second-order valence-electron chi connectivity index (χ2n) is 4.20. The fraction of sp³-hybridized carbons (Fsp3) is 0.538. The van der Waals surface area contributed by atoms with E-state index in [1.807, 2.05) is 0 Å². The molecule has 0 radical (unpaired) electrons. The van der Waals surface area contributed by atoms with E-state index < -0.39 is 0 Å². The average molecular weight is 224 g/mol. The predicted molar refractivity (Wildman–Crippen MR) is 68.1 cm³/mol. The van der Waals surface area contributed by atoms with Crippen LogP contribution in [-0.2, 0) is 0 Å². The van der Waals surface area contributed by atoms with Gasteiger partial charge in [0.2, 0.25) is 0 Å². The molecule has 0 aliphatic carbocycles. The van der Waals surface area contributed by atoms with Crippen molar-refractivity contribution in [3.8, 4) is 5.75 Å². The van der Waals surface area contributed by atoms with Crippen LogP contribution in [0.25, 0.3) is 0 Å². The molecule has 0 saturated heterocycles. The van der Waals surface area contributed by atoms with Crippen LogP contribution in [0.4, 0.5) is 0 Å². The Kier molecular flexibility index (Phi) is 4.52. The van der Waals surface area contributed by atoms with Gasteiger partial charge in [0.05, 0.1) is 6.10 Å². The summed E-state index contributed by atoms with van der Waals surface area (Å²) in [5, 5.41) is 0. The Bertz CT molecular complexity index is 318. The number of hydrogen-bond donors (Lipinski definition) is 0. The highest BCUT2D eigenvalue weighted by Gasteiger charge is 2.13. The lowest BCUT2D eigenvalue weighted by Crippen LogP contribution is -2.09. The van der Waals surface area contributed by atoms with Crippen LogP contribution in [-0.4, -0.2) is 12.4 Å². The van der Waals surface area contributed by atoms with Gasteiger partial charge in [0.15, 0.2) is 0 Å². The van der Waals surface area contributed by atoms with Crippen molar-refractivity contribution in [2.24, 2.45) is 0 Å². The lowest BCUT2D eigenvalue weighted by atomic mass is 10.0. The van der Waals surface area contributed by atoms with Gasteiger partial charge in [-0.2, -0.15) is 0 Å². The van der Waals surface area contributed by atoms with E-state index >= 15 is 0 Å². The normalized spacial score (nSPS) is 11.1. The molecule has 2 heteroatoms. The summed E-state index contributed by atoms with van der Waals surface area (Å²) >= 11 is 1.74. The van der Waals surface area contributed by atoms with Crippen molar-refractivity contribution in [3.05, 3.63) is 23.8 Å². The first-order valence-electron chi connectivity index (χ1n) is 5.39. The van der Waals surface area contributed by atoms with Crippen LogP contribution in [0.3, 0.4) is 0 Å². The van der Waals surface area contributed by atoms with Crippen LogP contribution in [0.1, 0.15) is 39.2 Å². The maximum Gasteiger partial charge on any atom is 0.136 e. The molecule has 0 heterocycles. The summed E-state index contributed by atoms with van der Waals surface area (Å²) < 4.78 is 5.91. The third-order valence-electron chi connectivity index (χ3n) is 2.20. The Morgan fingerprint density at radius 1 is 1.13 bits per heavy atom. The zero-order valence-corrected chi connectivity index (χ0v) is 11.0. The number of rotatable bonds is 4. The molecule has 15 heavy (non-hydrogen) atoms. The van der Waals surface area contributed by atoms with Gasteiger partial charge in [-0.05, 0) is 37.7 Å². The molecule has 0 aliphatic heterocycles. The van der Waals surface area contributed by atoms with Crippen LogP contribution < -0.4 is 4.74 Å². The molecular formula is C13H20OS. The third kappa shape index (κ3) is 3.16. The van der Waals surface area contributed by atoms with Crippen LogP contribution >= 0.6 is 11.8 Å². The molecule has 1 aromatic carbocycles. The number of thioether (sulfide) groups is 1. The fourth-order valence-electron chi connectivity index (χ4n) is 1.51. The fourth-order valence-corrected chi connectivity index (χ4v) is 2.08. The average Bonchev–Trinajstić information content (AvgIpc) is 2.16. The molecule has 1 nitrogen and oxygen atoms in total. The van der Waals surface area contributed by atoms with Gasteiger partial charge in [-0.1, -0.05) is 26.0 Å². The van der Waals surface area contributed by atoms with Crippen molar-refractivity contribution >= 4 is 11.8 Å². The monoisotopic (exact) mass is 224 g/mol. The largest absolute Gasteiger partial charge is 0.490 e. The van der Waals surface area contributed by atoms with E-state index in [9.17, 15) is 0 Å². The van der Waals surface area contributed by atoms with E-state index in [1.165, 1.54) is 10.5 Å². The Morgan fingerprint density at radius 2 is 1.80 bits per heavy atom. The number of benzene rings is 1. The summed E-state index contributed by atoms with van der Waals surface area (Å²) in [6.45, 7) is 8.54. The third-order valence-corrected chi connectivity index (χ3v) is 2.97. The molecular weight excluding hydrogens is 204 g/mol. The smallest absolute Gasteiger partial charge is 0.136 e. The number of para-hydroxylation sites is 1. The van der Waals surface area contributed by atoms with Crippen LogP contribution in [0, 0.1) is 0 Å². The lowest BCUT2D eigenvalue weighted by molar-refractivity contribution is 0.233. The predicted octanol–water partition coefficient (Wildman–Crippen LogP) is 4.32. The molecule has 0 bridgehead atoms. The quantitative estimate of drug-likeness (QED) is 0.704. The summed E-state index contributed by atoms with van der Waals surface area (Å²) in [6.07, 6.45) is 2.32. The number of ether oxygens (including phenoxy) is 1. The second-order valence-corrected chi connectivity index (χ2v) is 5.05. The Morgan fingerprint density at radius 3 is 2.27 bits per heavy atom. The molecule has 0 aromatic heterocycles. The zero-order valence-electron chi connectivity index (χ0n) is 10.2. The van der Waals surface area contributed by atoms with Crippen LogP contribution in [0.15, 0.2) is 23.1 Å². The molecule has 0 unspecified atom stereocenters. The highest BCUT2D eigenvalue weighted by atomic mass is 32.2. The van der Waals surface area contributed by atoms with E-state index in [2.05, 4.69) is 52.1 Å². The SMILES string of the molecule is CSc1cccc(C(C)C)c1OC(C)C. The summed E-state index contributed by atoms with van der Waals surface area (Å²) in [5.74, 6) is 1.57. The van der Waals surface area contributed by atoms with Gasteiger partial charge in [0.25, 0.3) is 0 Å². The molecule has 0 spiro atoms. The zero-order chi connectivity index (χ0) is 11.4. The van der Waals surface area contributed by atoms with Crippen LogP contribution in [0.2, 0.25) is 0 Å². The topological polar surface area (TPSA) is 9.23 Å². The van der Waals surface area contributed by atoms with E-state index in [4.69, 9.17) is 4.74 Å². The van der Waals surface area contributed by atoms with E-state index in [-0.39, 0.29) is 6.10 Å². The maximum atomic E-state index is 5.91. The highest BCUT2D eigenvalue weighted by Crippen LogP contribution is 2.35. The molecule has 0 atom stereocenters. The van der Waals surface area contributed by atoms with Crippen molar-refractivity contribution in [1.82, 2.24) is 0 Å². The molecule has 0 N–H and O–H groups in total. The van der Waals surface area contributed by atoms with Crippen molar-refractivity contribution < 1.29 is 4.74 Å². The minimum absolute atomic E-state index is 0.232. The van der Waals surface area contributed by atoms with Gasteiger partial charge >= 0.3 is 0 Å². The van der Waals surface area contributed by atoms with Crippen molar-refractivity contribution in [2.75, 3.05) is 6.26 Å². The molecule has 0 fully saturated rings. The van der Waals surface area contributed by atoms with Crippen LogP contribution in [0.5, 0.6) is 5.75 Å². The van der Waals surface area contributed by atoms with E-state index in [1.54, 1.807) is 11.8 Å². The van der Waals surface area contributed by atoms with Gasteiger partial charge in [0.1, 0.15) is 5.75 Å².